The number of guanidine groups is 1. The zero-order chi connectivity index (χ0) is 14.3. The monoisotopic (exact) mass is 409 g/mol. The zero-order valence-electron chi connectivity index (χ0n) is 13.2. The maximum atomic E-state index is 9.62. The van der Waals surface area contributed by atoms with Crippen molar-refractivity contribution in [3.63, 3.8) is 0 Å². The Bertz CT molecular complexity index is 394. The summed E-state index contributed by atoms with van der Waals surface area (Å²) in [5.41, 5.74) is 0.173. The number of nitrogens with one attached hydrogen (secondary N) is 1. The van der Waals surface area contributed by atoms with Crippen molar-refractivity contribution in [3.8, 4) is 0 Å². The van der Waals surface area contributed by atoms with E-state index in [1.807, 2.05) is 7.05 Å². The fourth-order valence-electron chi connectivity index (χ4n) is 4.13. The topological polar surface area (TPSA) is 57.1 Å². The molecule has 0 aromatic heterocycles. The Hall–Kier alpha value is -0.0800. The van der Waals surface area contributed by atoms with Gasteiger partial charge in [-0.25, -0.2) is 0 Å². The number of aliphatic hydroxyl groups is 1. The van der Waals surface area contributed by atoms with Crippen LogP contribution in [0.25, 0.3) is 0 Å². The molecule has 2 heterocycles. The van der Waals surface area contributed by atoms with Crippen molar-refractivity contribution >= 4 is 29.9 Å². The molecule has 2 N–H and O–H groups in total. The van der Waals surface area contributed by atoms with E-state index >= 15 is 0 Å². The number of aliphatic imine (C=N–C) groups is 1. The van der Waals surface area contributed by atoms with Crippen LogP contribution in [0.1, 0.15) is 33.1 Å². The quantitative estimate of drug-likeness (QED) is 0.391. The van der Waals surface area contributed by atoms with Crippen molar-refractivity contribution in [1.29, 1.82) is 0 Å². The summed E-state index contributed by atoms with van der Waals surface area (Å²) in [5.74, 6) is 1.61. The Morgan fingerprint density at radius 3 is 2.57 bits per heavy atom. The van der Waals surface area contributed by atoms with Gasteiger partial charge in [-0.2, -0.15) is 0 Å². The Labute approximate surface area is 144 Å². The lowest BCUT2D eigenvalue weighted by Gasteiger charge is -2.55. The van der Waals surface area contributed by atoms with Gasteiger partial charge >= 0.3 is 0 Å². The molecule has 3 unspecified atom stereocenters. The summed E-state index contributed by atoms with van der Waals surface area (Å²) in [6, 6.07) is 0.445. The van der Waals surface area contributed by atoms with Gasteiger partial charge in [0.05, 0.1) is 12.2 Å². The number of piperidine rings is 1. The number of halogens is 1. The molecule has 0 radical (unpaired) electrons. The minimum atomic E-state index is -0.142. The minimum Gasteiger partial charge on any atom is -0.393 e. The molecule has 5 nitrogen and oxygen atoms in total. The first-order valence-electron chi connectivity index (χ1n) is 7.82. The fourth-order valence-corrected chi connectivity index (χ4v) is 4.13. The van der Waals surface area contributed by atoms with E-state index < -0.39 is 0 Å². The normalized spacial score (nSPS) is 35.7. The summed E-state index contributed by atoms with van der Waals surface area (Å²) >= 11 is 0. The molecule has 0 aromatic carbocycles. The third-order valence-corrected chi connectivity index (χ3v) is 5.36. The van der Waals surface area contributed by atoms with Crippen molar-refractivity contribution in [2.75, 3.05) is 26.7 Å². The number of aliphatic hydroxyl groups excluding tert-OH is 1. The number of hydrogen-bond acceptors (Lipinski definition) is 3. The molecule has 122 valence electrons. The van der Waals surface area contributed by atoms with Crippen LogP contribution in [-0.4, -0.2) is 61.0 Å². The van der Waals surface area contributed by atoms with Gasteiger partial charge < -0.3 is 20.1 Å². The summed E-state index contributed by atoms with van der Waals surface area (Å²) in [6.45, 7) is 7.23. The second-order valence-electron chi connectivity index (χ2n) is 6.95. The van der Waals surface area contributed by atoms with Crippen LogP contribution < -0.4 is 5.32 Å². The number of hydrogen-bond donors (Lipinski definition) is 2. The van der Waals surface area contributed by atoms with Gasteiger partial charge in [0.15, 0.2) is 5.96 Å². The van der Waals surface area contributed by atoms with Crippen molar-refractivity contribution in [2.45, 2.75) is 51.4 Å². The van der Waals surface area contributed by atoms with Crippen LogP contribution in [0.5, 0.6) is 0 Å². The molecule has 0 bridgehead atoms. The molecular formula is C15H28IN3O2. The zero-order valence-corrected chi connectivity index (χ0v) is 15.5. The van der Waals surface area contributed by atoms with Crippen LogP contribution in [0.15, 0.2) is 4.99 Å². The van der Waals surface area contributed by atoms with Crippen LogP contribution in [0.3, 0.4) is 0 Å². The lowest BCUT2D eigenvalue weighted by Crippen LogP contribution is -2.68. The van der Waals surface area contributed by atoms with Gasteiger partial charge in [0.1, 0.15) is 0 Å². The summed E-state index contributed by atoms with van der Waals surface area (Å²) in [4.78, 5) is 6.72. The highest BCUT2D eigenvalue weighted by Crippen LogP contribution is 2.52. The number of fused-ring (bicyclic) bond motifs is 1. The predicted octanol–water partition coefficient (Wildman–Crippen LogP) is 1.45. The van der Waals surface area contributed by atoms with Gasteiger partial charge in [0.2, 0.25) is 0 Å². The maximum Gasteiger partial charge on any atom is 0.193 e. The highest BCUT2D eigenvalue weighted by atomic mass is 127. The van der Waals surface area contributed by atoms with E-state index in [2.05, 4.69) is 29.1 Å². The van der Waals surface area contributed by atoms with Crippen molar-refractivity contribution in [2.24, 2.45) is 16.3 Å². The van der Waals surface area contributed by atoms with Crippen molar-refractivity contribution < 1.29 is 9.84 Å². The molecule has 0 amide bonds. The smallest absolute Gasteiger partial charge is 0.193 e. The van der Waals surface area contributed by atoms with Crippen molar-refractivity contribution in [3.05, 3.63) is 0 Å². The summed E-state index contributed by atoms with van der Waals surface area (Å²) in [5, 5.41) is 13.3. The van der Waals surface area contributed by atoms with Crippen LogP contribution in [0.4, 0.5) is 0 Å². The maximum absolute atomic E-state index is 9.62. The first kappa shape index (κ1) is 17.3. The largest absolute Gasteiger partial charge is 0.393 e. The molecule has 3 rings (SSSR count). The van der Waals surface area contributed by atoms with Crippen LogP contribution in [0.2, 0.25) is 0 Å². The van der Waals surface area contributed by atoms with E-state index in [1.165, 1.54) is 0 Å². The standard InChI is InChI=1S/C15H27N3O2.HI/c1-15(2)12(11-6-9-20-13(11)15)17-14(16-3)18-7-4-10(19)5-8-18;/h10-13,19H,4-9H2,1-3H3,(H,16,17);1H. The number of rotatable bonds is 1. The van der Waals surface area contributed by atoms with Crippen LogP contribution >= 0.6 is 24.0 Å². The van der Waals surface area contributed by atoms with E-state index in [1.54, 1.807) is 0 Å². The molecule has 0 aromatic rings. The van der Waals surface area contributed by atoms with E-state index in [0.29, 0.717) is 18.1 Å². The molecule has 1 saturated carbocycles. The fraction of sp³-hybridized carbons (Fsp3) is 0.933. The van der Waals surface area contributed by atoms with Gasteiger partial charge in [-0.05, 0) is 19.3 Å². The predicted molar refractivity (Wildman–Crippen MR) is 94.1 cm³/mol. The lowest BCUT2D eigenvalue weighted by molar-refractivity contribution is -0.107. The molecule has 21 heavy (non-hydrogen) atoms. The molecule has 3 aliphatic rings. The second-order valence-corrected chi connectivity index (χ2v) is 6.95. The minimum absolute atomic E-state index is 0. The second kappa shape index (κ2) is 6.58. The van der Waals surface area contributed by atoms with Gasteiger partial charge in [-0.15, -0.1) is 24.0 Å². The van der Waals surface area contributed by atoms with Crippen LogP contribution in [0, 0.1) is 11.3 Å². The average Bonchev–Trinajstić information content (AvgIpc) is 2.88. The number of nitrogens with zero attached hydrogens (tertiary/aromatic N) is 2. The molecule has 0 spiro atoms. The molecule has 3 fully saturated rings. The third kappa shape index (κ3) is 3.03. The highest BCUT2D eigenvalue weighted by molar-refractivity contribution is 14.0. The van der Waals surface area contributed by atoms with Gasteiger partial charge in [0.25, 0.3) is 0 Å². The molecule has 2 aliphatic heterocycles. The number of likely N-dealkylation sites (tertiary alicyclic amines) is 1. The third-order valence-electron chi connectivity index (χ3n) is 5.36. The first-order chi connectivity index (χ1) is 9.54. The van der Waals surface area contributed by atoms with Gasteiger partial charge in [0, 0.05) is 44.1 Å². The molecular weight excluding hydrogens is 381 g/mol. The average molecular weight is 409 g/mol. The summed E-state index contributed by atoms with van der Waals surface area (Å²) in [7, 11) is 1.85. The highest BCUT2D eigenvalue weighted by Gasteiger charge is 2.59. The lowest BCUT2D eigenvalue weighted by atomic mass is 9.57. The molecule has 2 saturated heterocycles. The van der Waals surface area contributed by atoms with E-state index in [9.17, 15) is 5.11 Å². The Morgan fingerprint density at radius 2 is 1.95 bits per heavy atom. The molecule has 1 aliphatic carbocycles. The first-order valence-corrected chi connectivity index (χ1v) is 7.82. The SMILES string of the molecule is CN=C(NC1C2CCOC2C1(C)C)N1CCC(O)CC1.I. The Morgan fingerprint density at radius 1 is 1.29 bits per heavy atom. The van der Waals surface area contributed by atoms with Gasteiger partial charge in [-0.3, -0.25) is 4.99 Å². The molecule has 3 atom stereocenters. The van der Waals surface area contributed by atoms with E-state index in [4.69, 9.17) is 4.74 Å². The van der Waals surface area contributed by atoms with Crippen molar-refractivity contribution in [1.82, 2.24) is 10.2 Å². The summed E-state index contributed by atoms with van der Waals surface area (Å²) in [6.07, 6.45) is 3.09. The summed E-state index contributed by atoms with van der Waals surface area (Å²) < 4.78 is 5.85. The number of ether oxygens (including phenoxy) is 1. The van der Waals surface area contributed by atoms with E-state index in [-0.39, 0.29) is 35.5 Å². The Kier molecular flexibility index (Phi) is 5.41. The Balaban J connectivity index is 0.00000161. The molecule has 6 heteroatoms. The van der Waals surface area contributed by atoms with E-state index in [0.717, 1.165) is 44.9 Å². The van der Waals surface area contributed by atoms with Gasteiger partial charge in [-0.1, -0.05) is 13.8 Å². The van der Waals surface area contributed by atoms with Crippen LogP contribution in [-0.2, 0) is 4.74 Å².